The first-order valence-corrected chi connectivity index (χ1v) is 7.23. The third kappa shape index (κ3) is 3.87. The minimum Gasteiger partial charge on any atom is -0.508 e. The Morgan fingerprint density at radius 1 is 1.11 bits per heavy atom. The van der Waals surface area contributed by atoms with Crippen molar-refractivity contribution < 1.29 is 10.2 Å². The molecular weight excluding hydrogens is 238 g/mol. The van der Waals surface area contributed by atoms with E-state index in [4.69, 9.17) is 0 Å². The third-order valence-corrected chi connectivity index (χ3v) is 4.29. The third-order valence-electron chi connectivity index (χ3n) is 4.29. The standard InChI is InChI=1S/C16H25NO2/c1-17(2)10-9-12-3-5-13(6-4-12)15-8-7-14(18)11-16(15)19/h7-8,11-13,18-19H,3-6,9-10H2,1-2H3. The second-order valence-electron chi connectivity index (χ2n) is 6.05. The van der Waals surface area contributed by atoms with Crippen molar-refractivity contribution in [1.82, 2.24) is 4.90 Å². The first-order valence-electron chi connectivity index (χ1n) is 7.23. The lowest BCUT2D eigenvalue weighted by atomic mass is 9.77. The molecule has 1 fully saturated rings. The highest BCUT2D eigenvalue weighted by Gasteiger charge is 2.24. The molecule has 1 aromatic rings. The zero-order valence-electron chi connectivity index (χ0n) is 12.0. The molecule has 2 rings (SSSR count). The highest BCUT2D eigenvalue weighted by Crippen LogP contribution is 2.40. The van der Waals surface area contributed by atoms with Crippen molar-refractivity contribution in [1.29, 1.82) is 0 Å². The van der Waals surface area contributed by atoms with Crippen LogP contribution in [0.5, 0.6) is 11.5 Å². The molecule has 3 heteroatoms. The second kappa shape index (κ2) is 6.29. The Hall–Kier alpha value is -1.22. The Bertz CT molecular complexity index is 409. The van der Waals surface area contributed by atoms with Crippen LogP contribution in [0.15, 0.2) is 18.2 Å². The van der Waals surface area contributed by atoms with Gasteiger partial charge in [0.1, 0.15) is 11.5 Å². The number of phenolic OH excluding ortho intramolecular Hbond substituents is 2. The molecule has 1 aromatic carbocycles. The Labute approximate surface area is 115 Å². The van der Waals surface area contributed by atoms with E-state index in [1.165, 1.54) is 31.9 Å². The number of hydrogen-bond acceptors (Lipinski definition) is 3. The number of nitrogens with zero attached hydrogens (tertiary/aromatic N) is 1. The van der Waals surface area contributed by atoms with Crippen molar-refractivity contribution in [3.8, 4) is 11.5 Å². The highest BCUT2D eigenvalue weighted by molar-refractivity contribution is 5.41. The lowest BCUT2D eigenvalue weighted by Crippen LogP contribution is -2.20. The molecule has 0 aliphatic heterocycles. The molecule has 0 unspecified atom stereocenters. The highest BCUT2D eigenvalue weighted by atomic mass is 16.3. The Kier molecular flexibility index (Phi) is 4.70. The summed E-state index contributed by atoms with van der Waals surface area (Å²) in [5.41, 5.74) is 1.00. The molecule has 1 saturated carbocycles. The summed E-state index contributed by atoms with van der Waals surface area (Å²) < 4.78 is 0. The van der Waals surface area contributed by atoms with E-state index in [1.807, 2.05) is 6.07 Å². The molecule has 1 aliphatic rings. The normalized spacial score (nSPS) is 23.7. The van der Waals surface area contributed by atoms with Gasteiger partial charge in [-0.1, -0.05) is 6.07 Å². The van der Waals surface area contributed by atoms with E-state index in [0.717, 1.165) is 24.3 Å². The molecule has 0 radical (unpaired) electrons. The van der Waals surface area contributed by atoms with E-state index in [1.54, 1.807) is 6.07 Å². The fraction of sp³-hybridized carbons (Fsp3) is 0.625. The molecule has 0 amide bonds. The van der Waals surface area contributed by atoms with Crippen LogP contribution in [-0.4, -0.2) is 35.8 Å². The minimum atomic E-state index is 0.140. The van der Waals surface area contributed by atoms with Crippen molar-refractivity contribution in [2.45, 2.75) is 38.0 Å². The summed E-state index contributed by atoms with van der Waals surface area (Å²) in [5, 5.41) is 19.3. The quantitative estimate of drug-likeness (QED) is 0.875. The fourth-order valence-corrected chi connectivity index (χ4v) is 3.08. The van der Waals surface area contributed by atoms with Gasteiger partial charge in [0.2, 0.25) is 0 Å². The van der Waals surface area contributed by atoms with Crippen molar-refractivity contribution in [2.75, 3.05) is 20.6 Å². The van der Waals surface area contributed by atoms with Crippen LogP contribution >= 0.6 is 0 Å². The van der Waals surface area contributed by atoms with Crippen LogP contribution in [0, 0.1) is 5.92 Å². The molecule has 1 aliphatic carbocycles. The SMILES string of the molecule is CN(C)CCC1CCC(c2ccc(O)cc2O)CC1. The second-order valence-corrected chi connectivity index (χ2v) is 6.05. The molecule has 2 N–H and O–H groups in total. The monoisotopic (exact) mass is 263 g/mol. The Morgan fingerprint density at radius 3 is 2.37 bits per heavy atom. The van der Waals surface area contributed by atoms with E-state index in [2.05, 4.69) is 19.0 Å². The molecule has 0 spiro atoms. The predicted molar refractivity (Wildman–Crippen MR) is 77.6 cm³/mol. The van der Waals surface area contributed by atoms with Gasteiger partial charge in [-0.2, -0.15) is 0 Å². The molecule has 106 valence electrons. The summed E-state index contributed by atoms with van der Waals surface area (Å²) in [6, 6.07) is 5.00. The average Bonchev–Trinajstić information content (AvgIpc) is 2.37. The van der Waals surface area contributed by atoms with Gasteiger partial charge in [-0.25, -0.2) is 0 Å². The molecule has 3 nitrogen and oxygen atoms in total. The van der Waals surface area contributed by atoms with Gasteiger partial charge in [0.25, 0.3) is 0 Å². The van der Waals surface area contributed by atoms with Crippen LogP contribution < -0.4 is 0 Å². The molecular formula is C16H25NO2. The van der Waals surface area contributed by atoms with Crippen LogP contribution in [0.2, 0.25) is 0 Å². The minimum absolute atomic E-state index is 0.140. The van der Waals surface area contributed by atoms with Crippen LogP contribution in [0.25, 0.3) is 0 Å². The zero-order chi connectivity index (χ0) is 13.8. The summed E-state index contributed by atoms with van der Waals surface area (Å²) in [6.45, 7) is 1.17. The summed E-state index contributed by atoms with van der Waals surface area (Å²) in [6.07, 6.45) is 6.08. The Balaban J connectivity index is 1.89. The maximum absolute atomic E-state index is 9.92. The summed E-state index contributed by atoms with van der Waals surface area (Å²) >= 11 is 0. The summed E-state index contributed by atoms with van der Waals surface area (Å²) in [5.74, 6) is 1.67. The van der Waals surface area contributed by atoms with Gasteiger partial charge in [-0.3, -0.25) is 0 Å². The van der Waals surface area contributed by atoms with Crippen LogP contribution in [0.1, 0.15) is 43.6 Å². The van der Waals surface area contributed by atoms with Crippen LogP contribution in [0.4, 0.5) is 0 Å². The fourth-order valence-electron chi connectivity index (χ4n) is 3.08. The smallest absolute Gasteiger partial charge is 0.122 e. The van der Waals surface area contributed by atoms with Crippen molar-refractivity contribution >= 4 is 0 Å². The van der Waals surface area contributed by atoms with E-state index in [-0.39, 0.29) is 11.5 Å². The predicted octanol–water partition coefficient (Wildman–Crippen LogP) is 3.32. The first-order chi connectivity index (χ1) is 9.06. The first kappa shape index (κ1) is 14.2. The van der Waals surface area contributed by atoms with E-state index < -0.39 is 0 Å². The van der Waals surface area contributed by atoms with Crippen LogP contribution in [0.3, 0.4) is 0 Å². The van der Waals surface area contributed by atoms with E-state index in [0.29, 0.717) is 5.92 Å². The maximum atomic E-state index is 9.92. The van der Waals surface area contributed by atoms with Gasteiger partial charge in [-0.15, -0.1) is 0 Å². The average molecular weight is 263 g/mol. The van der Waals surface area contributed by atoms with Crippen LogP contribution in [-0.2, 0) is 0 Å². The lowest BCUT2D eigenvalue weighted by Gasteiger charge is -2.29. The molecule has 0 aromatic heterocycles. The molecule has 0 atom stereocenters. The van der Waals surface area contributed by atoms with E-state index in [9.17, 15) is 10.2 Å². The van der Waals surface area contributed by atoms with Crippen molar-refractivity contribution in [3.05, 3.63) is 23.8 Å². The topological polar surface area (TPSA) is 43.7 Å². The number of hydrogen-bond donors (Lipinski definition) is 2. The van der Waals surface area contributed by atoms with Crippen molar-refractivity contribution in [3.63, 3.8) is 0 Å². The number of benzene rings is 1. The number of rotatable bonds is 4. The van der Waals surface area contributed by atoms with Gasteiger partial charge in [0.05, 0.1) is 0 Å². The summed E-state index contributed by atoms with van der Waals surface area (Å²) in [4.78, 5) is 2.25. The lowest BCUT2D eigenvalue weighted by molar-refractivity contribution is 0.272. The Morgan fingerprint density at radius 2 is 1.79 bits per heavy atom. The van der Waals surface area contributed by atoms with Gasteiger partial charge in [-0.05, 0) is 76.2 Å². The largest absolute Gasteiger partial charge is 0.508 e. The zero-order valence-corrected chi connectivity index (χ0v) is 12.0. The molecule has 19 heavy (non-hydrogen) atoms. The number of aromatic hydroxyl groups is 2. The van der Waals surface area contributed by atoms with E-state index >= 15 is 0 Å². The van der Waals surface area contributed by atoms with Gasteiger partial charge in [0, 0.05) is 6.07 Å². The van der Waals surface area contributed by atoms with Gasteiger partial charge in [0.15, 0.2) is 0 Å². The molecule has 0 bridgehead atoms. The molecule has 0 saturated heterocycles. The maximum Gasteiger partial charge on any atom is 0.122 e. The van der Waals surface area contributed by atoms with Crippen molar-refractivity contribution in [2.24, 2.45) is 5.92 Å². The van der Waals surface area contributed by atoms with Gasteiger partial charge >= 0.3 is 0 Å². The van der Waals surface area contributed by atoms with Gasteiger partial charge < -0.3 is 15.1 Å². The summed E-state index contributed by atoms with van der Waals surface area (Å²) in [7, 11) is 4.25. The molecule has 0 heterocycles. The number of phenols is 2.